The Hall–Kier alpha value is -2.29. The Morgan fingerprint density at radius 1 is 1.33 bits per heavy atom. The third-order valence-electron chi connectivity index (χ3n) is 2.54. The summed E-state index contributed by atoms with van der Waals surface area (Å²) >= 11 is 1.57. The van der Waals surface area contributed by atoms with E-state index >= 15 is 0 Å². The van der Waals surface area contributed by atoms with Crippen molar-refractivity contribution in [2.45, 2.75) is 13.5 Å². The zero-order chi connectivity index (χ0) is 15.1. The van der Waals surface area contributed by atoms with Gasteiger partial charge in [0.25, 0.3) is 0 Å². The predicted octanol–water partition coefficient (Wildman–Crippen LogP) is 2.60. The molecule has 1 aromatic heterocycles. The van der Waals surface area contributed by atoms with E-state index in [0.29, 0.717) is 24.6 Å². The topological polar surface area (TPSA) is 64.3 Å². The molecule has 0 atom stereocenters. The normalized spacial score (nSPS) is 9.62. The summed E-state index contributed by atoms with van der Waals surface area (Å²) in [4.78, 5) is 13.2. The van der Waals surface area contributed by atoms with E-state index in [2.05, 4.69) is 17.2 Å². The quantitative estimate of drug-likeness (QED) is 0.853. The maximum Gasteiger partial charge on any atom is 0.221 e. The van der Waals surface area contributed by atoms with Crippen molar-refractivity contribution in [2.75, 3.05) is 11.9 Å². The molecule has 0 unspecified atom stereocenters. The molecular formula is C16H16N2O2S. The number of ether oxygens (including phenoxy) is 1. The molecule has 0 aliphatic carbocycles. The number of hydrogen-bond acceptors (Lipinski definition) is 4. The van der Waals surface area contributed by atoms with Crippen LogP contribution in [-0.4, -0.2) is 12.5 Å². The number of benzene rings is 1. The number of carbonyl (C=O) groups excluding carboxylic acids is 1. The highest BCUT2D eigenvalue weighted by atomic mass is 32.1. The number of nitrogens with one attached hydrogen (secondary N) is 1. The molecule has 1 aromatic carbocycles. The molecule has 2 rings (SSSR count). The lowest BCUT2D eigenvalue weighted by atomic mass is 10.3. The smallest absolute Gasteiger partial charge is 0.221 e. The number of nitrogens with two attached hydrogens (primary N) is 1. The summed E-state index contributed by atoms with van der Waals surface area (Å²) in [6.07, 6.45) is 0. The van der Waals surface area contributed by atoms with Crippen LogP contribution in [0.3, 0.4) is 0 Å². The van der Waals surface area contributed by atoms with Gasteiger partial charge in [-0.25, -0.2) is 0 Å². The Morgan fingerprint density at radius 3 is 2.90 bits per heavy atom. The van der Waals surface area contributed by atoms with E-state index in [4.69, 9.17) is 10.5 Å². The summed E-state index contributed by atoms with van der Waals surface area (Å²) < 4.78 is 5.76. The minimum Gasteiger partial charge on any atom is -0.486 e. The van der Waals surface area contributed by atoms with Crippen molar-refractivity contribution < 1.29 is 9.53 Å². The van der Waals surface area contributed by atoms with Gasteiger partial charge in [0.2, 0.25) is 5.91 Å². The molecule has 0 bridgehead atoms. The molecule has 1 amide bonds. The summed E-state index contributed by atoms with van der Waals surface area (Å²) in [6.45, 7) is 2.26. The molecule has 0 saturated carbocycles. The first kappa shape index (κ1) is 15.1. The van der Waals surface area contributed by atoms with Gasteiger partial charge in [-0.05, 0) is 24.3 Å². The highest BCUT2D eigenvalue weighted by molar-refractivity contribution is 7.12. The minimum atomic E-state index is -0.124. The highest BCUT2D eigenvalue weighted by Crippen LogP contribution is 2.26. The molecule has 0 fully saturated rings. The zero-order valence-electron chi connectivity index (χ0n) is 11.7. The van der Waals surface area contributed by atoms with Crippen molar-refractivity contribution in [3.8, 4) is 17.6 Å². The fraction of sp³-hybridized carbons (Fsp3) is 0.188. The number of amides is 1. The number of hydrogen-bond donors (Lipinski definition) is 2. The molecule has 2 aromatic rings. The molecule has 0 radical (unpaired) electrons. The molecule has 1 heterocycles. The van der Waals surface area contributed by atoms with E-state index in [0.717, 1.165) is 9.75 Å². The maximum atomic E-state index is 11.2. The number of para-hydroxylation sites is 2. The minimum absolute atomic E-state index is 0.124. The van der Waals surface area contributed by atoms with Gasteiger partial charge in [0.15, 0.2) is 0 Å². The van der Waals surface area contributed by atoms with Crippen molar-refractivity contribution in [3.05, 3.63) is 46.2 Å². The Kier molecular flexibility index (Phi) is 5.38. The van der Waals surface area contributed by atoms with E-state index < -0.39 is 0 Å². The van der Waals surface area contributed by atoms with E-state index in [1.54, 1.807) is 11.3 Å². The van der Waals surface area contributed by atoms with Crippen molar-refractivity contribution in [3.63, 3.8) is 0 Å². The highest BCUT2D eigenvalue weighted by Gasteiger charge is 2.05. The number of rotatable bonds is 4. The van der Waals surface area contributed by atoms with E-state index in [1.807, 2.05) is 36.4 Å². The van der Waals surface area contributed by atoms with Gasteiger partial charge in [0.1, 0.15) is 12.4 Å². The number of carbonyl (C=O) groups is 1. The molecule has 5 heteroatoms. The molecule has 108 valence electrons. The van der Waals surface area contributed by atoms with Crippen LogP contribution < -0.4 is 15.8 Å². The molecule has 3 N–H and O–H groups in total. The van der Waals surface area contributed by atoms with Gasteiger partial charge >= 0.3 is 0 Å². The van der Waals surface area contributed by atoms with Gasteiger partial charge in [0, 0.05) is 11.8 Å². The van der Waals surface area contributed by atoms with Crippen LogP contribution in [0.5, 0.6) is 5.75 Å². The largest absolute Gasteiger partial charge is 0.486 e. The van der Waals surface area contributed by atoms with Crippen LogP contribution in [0.1, 0.15) is 16.7 Å². The van der Waals surface area contributed by atoms with Crippen molar-refractivity contribution in [1.29, 1.82) is 0 Å². The second kappa shape index (κ2) is 7.48. The Labute approximate surface area is 127 Å². The lowest BCUT2D eigenvalue weighted by Crippen LogP contribution is -2.07. The Bertz CT molecular complexity index is 683. The number of anilines is 1. The van der Waals surface area contributed by atoms with Crippen LogP contribution in [0, 0.1) is 11.8 Å². The summed E-state index contributed by atoms with van der Waals surface area (Å²) in [7, 11) is 0. The lowest BCUT2D eigenvalue weighted by Gasteiger charge is -2.10. The monoisotopic (exact) mass is 300 g/mol. The molecule has 0 spiro atoms. The van der Waals surface area contributed by atoms with Crippen LogP contribution in [0.4, 0.5) is 5.69 Å². The van der Waals surface area contributed by atoms with Gasteiger partial charge in [0.05, 0.1) is 17.1 Å². The standard InChI is InChI=1S/C16H16N2O2S/c1-12(19)18-15-6-2-3-7-16(15)20-11-14-9-8-13(21-14)5-4-10-17/h2-3,6-9H,10-11,17H2,1H3,(H,18,19). The zero-order valence-corrected chi connectivity index (χ0v) is 12.5. The van der Waals surface area contributed by atoms with E-state index in [-0.39, 0.29) is 5.91 Å². The molecule has 0 aliphatic rings. The Morgan fingerprint density at radius 2 is 2.14 bits per heavy atom. The average molecular weight is 300 g/mol. The molecule has 0 aliphatic heterocycles. The third-order valence-corrected chi connectivity index (χ3v) is 3.52. The second-order valence-electron chi connectivity index (χ2n) is 4.24. The third kappa shape index (κ3) is 4.63. The summed E-state index contributed by atoms with van der Waals surface area (Å²) in [5, 5.41) is 2.75. The first-order valence-electron chi connectivity index (χ1n) is 6.46. The van der Waals surface area contributed by atoms with E-state index in [9.17, 15) is 4.79 Å². The molecular weight excluding hydrogens is 284 g/mol. The summed E-state index contributed by atoms with van der Waals surface area (Å²) in [5.41, 5.74) is 6.02. The number of thiophene rings is 1. The molecule has 21 heavy (non-hydrogen) atoms. The van der Waals surface area contributed by atoms with Crippen molar-refractivity contribution in [1.82, 2.24) is 0 Å². The van der Waals surface area contributed by atoms with Crippen LogP contribution in [-0.2, 0) is 11.4 Å². The van der Waals surface area contributed by atoms with Gasteiger partial charge < -0.3 is 15.8 Å². The first-order valence-corrected chi connectivity index (χ1v) is 7.28. The molecule has 0 saturated heterocycles. The predicted molar refractivity (Wildman–Crippen MR) is 85.3 cm³/mol. The lowest BCUT2D eigenvalue weighted by molar-refractivity contribution is -0.114. The van der Waals surface area contributed by atoms with E-state index in [1.165, 1.54) is 6.92 Å². The summed E-state index contributed by atoms with van der Waals surface area (Å²) in [6, 6.07) is 11.3. The maximum absolute atomic E-state index is 11.2. The van der Waals surface area contributed by atoms with Gasteiger partial charge in [-0.3, -0.25) is 4.79 Å². The fourth-order valence-electron chi connectivity index (χ4n) is 1.70. The fourth-order valence-corrected chi connectivity index (χ4v) is 2.49. The van der Waals surface area contributed by atoms with Crippen LogP contribution in [0.25, 0.3) is 0 Å². The molecule has 4 nitrogen and oxygen atoms in total. The van der Waals surface area contributed by atoms with Crippen molar-refractivity contribution >= 4 is 22.9 Å². The SMILES string of the molecule is CC(=O)Nc1ccccc1OCc1ccc(C#CCN)s1. The van der Waals surface area contributed by atoms with Crippen LogP contribution in [0.15, 0.2) is 36.4 Å². The average Bonchev–Trinajstić information content (AvgIpc) is 2.91. The van der Waals surface area contributed by atoms with Crippen LogP contribution >= 0.6 is 11.3 Å². The van der Waals surface area contributed by atoms with Gasteiger partial charge in [-0.15, -0.1) is 11.3 Å². The van der Waals surface area contributed by atoms with Gasteiger partial charge in [-0.2, -0.15) is 0 Å². The first-order chi connectivity index (χ1) is 10.2. The van der Waals surface area contributed by atoms with Crippen molar-refractivity contribution in [2.24, 2.45) is 5.73 Å². The Balaban J connectivity index is 2.03. The second-order valence-corrected chi connectivity index (χ2v) is 5.41. The summed E-state index contributed by atoms with van der Waals surface area (Å²) in [5.74, 6) is 6.34. The van der Waals surface area contributed by atoms with Gasteiger partial charge in [-0.1, -0.05) is 24.0 Å². The van der Waals surface area contributed by atoms with Crippen LogP contribution in [0.2, 0.25) is 0 Å².